The molecule has 1 aromatic carbocycles. The van der Waals surface area contributed by atoms with Crippen LogP contribution < -0.4 is 10.6 Å². The molecule has 1 aliphatic carbocycles. The molecule has 25 heavy (non-hydrogen) atoms. The van der Waals surface area contributed by atoms with E-state index in [0.717, 1.165) is 12.8 Å². The van der Waals surface area contributed by atoms with Crippen molar-refractivity contribution in [2.75, 3.05) is 20.3 Å². The van der Waals surface area contributed by atoms with Gasteiger partial charge in [-0.15, -0.1) is 0 Å². The number of aryl methyl sites for hydroxylation is 2. The molecule has 2 rings (SSSR count). The number of carbonyl (C=O) groups excluding carboxylic acids is 1. The first kappa shape index (κ1) is 19.0. The van der Waals surface area contributed by atoms with Gasteiger partial charge in [0.2, 0.25) is 0 Å². The Morgan fingerprint density at radius 1 is 1.36 bits per heavy atom. The first-order chi connectivity index (χ1) is 12.2. The Kier molecular flexibility index (Phi) is 7.49. The van der Waals surface area contributed by atoms with Crippen LogP contribution in [0.2, 0.25) is 0 Å². The molecule has 1 aromatic rings. The third-order valence-electron chi connectivity index (χ3n) is 4.57. The molecule has 0 radical (unpaired) electrons. The largest absolute Gasteiger partial charge is 0.383 e. The smallest absolute Gasteiger partial charge is 0.263 e. The van der Waals surface area contributed by atoms with E-state index in [9.17, 15) is 10.1 Å². The number of carbonyl (C=O) groups is 1. The van der Waals surface area contributed by atoms with Gasteiger partial charge in [-0.25, -0.2) is 0 Å². The van der Waals surface area contributed by atoms with E-state index in [-0.39, 0.29) is 17.5 Å². The van der Waals surface area contributed by atoms with Crippen molar-refractivity contribution < 1.29 is 9.53 Å². The van der Waals surface area contributed by atoms with Crippen molar-refractivity contribution in [2.24, 2.45) is 0 Å². The molecule has 2 N–H and O–H groups in total. The summed E-state index contributed by atoms with van der Waals surface area (Å²) in [6.07, 6.45) is 7.23. The molecular weight excluding hydrogens is 314 g/mol. The summed E-state index contributed by atoms with van der Waals surface area (Å²) in [7, 11) is 1.57. The van der Waals surface area contributed by atoms with Crippen molar-refractivity contribution in [3.05, 3.63) is 46.7 Å². The van der Waals surface area contributed by atoms with Crippen molar-refractivity contribution in [3.8, 4) is 6.07 Å². The predicted octanol–water partition coefficient (Wildman–Crippen LogP) is 2.78. The van der Waals surface area contributed by atoms with Gasteiger partial charge in [-0.05, 0) is 48.8 Å². The summed E-state index contributed by atoms with van der Waals surface area (Å²) in [5.74, 6) is -0.382. The molecule has 0 bridgehead atoms. The third-order valence-corrected chi connectivity index (χ3v) is 4.57. The fourth-order valence-corrected chi connectivity index (χ4v) is 3.11. The van der Waals surface area contributed by atoms with Crippen LogP contribution in [0.15, 0.2) is 30.0 Å². The van der Waals surface area contributed by atoms with Crippen molar-refractivity contribution in [3.63, 3.8) is 0 Å². The Labute approximate surface area is 150 Å². The lowest BCUT2D eigenvalue weighted by molar-refractivity contribution is -0.117. The number of rotatable bonds is 8. The molecule has 134 valence electrons. The SMILES string of the molecule is CCC(N/C=C(/C#N)C(=O)NCCOC)c1ccc2c(c1)CCCC2. The lowest BCUT2D eigenvalue weighted by atomic mass is 9.89. The van der Waals surface area contributed by atoms with E-state index < -0.39 is 0 Å². The molecule has 0 saturated carbocycles. The summed E-state index contributed by atoms with van der Waals surface area (Å²) in [5.41, 5.74) is 4.17. The number of nitrogens with one attached hydrogen (secondary N) is 2. The van der Waals surface area contributed by atoms with E-state index in [1.165, 1.54) is 42.2 Å². The molecule has 0 saturated heterocycles. The molecule has 1 unspecified atom stereocenters. The van der Waals surface area contributed by atoms with Gasteiger partial charge < -0.3 is 15.4 Å². The van der Waals surface area contributed by atoms with Gasteiger partial charge in [0.05, 0.1) is 12.6 Å². The number of methoxy groups -OCH3 is 1. The molecule has 1 aliphatic rings. The van der Waals surface area contributed by atoms with Gasteiger partial charge in [0.15, 0.2) is 0 Å². The maximum absolute atomic E-state index is 12.0. The maximum Gasteiger partial charge on any atom is 0.263 e. The van der Waals surface area contributed by atoms with E-state index in [0.29, 0.717) is 13.2 Å². The summed E-state index contributed by atoms with van der Waals surface area (Å²) < 4.78 is 4.89. The minimum atomic E-state index is -0.382. The van der Waals surface area contributed by atoms with Gasteiger partial charge in [-0.2, -0.15) is 5.26 Å². The second-order valence-electron chi connectivity index (χ2n) is 6.28. The number of ether oxygens (including phenoxy) is 1. The highest BCUT2D eigenvalue weighted by Gasteiger charge is 2.14. The Morgan fingerprint density at radius 2 is 2.12 bits per heavy atom. The van der Waals surface area contributed by atoms with Gasteiger partial charge in [0, 0.05) is 19.9 Å². The molecule has 0 spiro atoms. The Balaban J connectivity index is 2.05. The van der Waals surface area contributed by atoms with E-state index >= 15 is 0 Å². The number of amides is 1. The molecule has 1 amide bonds. The highest BCUT2D eigenvalue weighted by Crippen LogP contribution is 2.26. The highest BCUT2D eigenvalue weighted by atomic mass is 16.5. The normalized spacial score (nSPS) is 15.0. The first-order valence-electron chi connectivity index (χ1n) is 8.94. The molecule has 0 aromatic heterocycles. The second kappa shape index (κ2) is 9.85. The quantitative estimate of drug-likeness (QED) is 0.433. The summed E-state index contributed by atoms with van der Waals surface area (Å²) in [6.45, 7) is 2.90. The molecule has 0 fully saturated rings. The van der Waals surface area contributed by atoms with Gasteiger partial charge >= 0.3 is 0 Å². The number of fused-ring (bicyclic) bond motifs is 1. The lowest BCUT2D eigenvalue weighted by Crippen LogP contribution is -2.29. The van der Waals surface area contributed by atoms with Crippen molar-refractivity contribution in [2.45, 2.75) is 45.1 Å². The van der Waals surface area contributed by atoms with Crippen molar-refractivity contribution in [1.29, 1.82) is 5.26 Å². The lowest BCUT2D eigenvalue weighted by Gasteiger charge is -2.21. The van der Waals surface area contributed by atoms with Gasteiger partial charge in [-0.3, -0.25) is 4.79 Å². The van der Waals surface area contributed by atoms with Crippen LogP contribution in [0.1, 0.15) is 48.9 Å². The fraction of sp³-hybridized carbons (Fsp3) is 0.500. The van der Waals surface area contributed by atoms with E-state index in [1.54, 1.807) is 7.11 Å². The molecule has 1 atom stereocenters. The number of hydrogen-bond acceptors (Lipinski definition) is 4. The molecule has 0 heterocycles. The second-order valence-corrected chi connectivity index (χ2v) is 6.28. The van der Waals surface area contributed by atoms with Crippen molar-refractivity contribution in [1.82, 2.24) is 10.6 Å². The van der Waals surface area contributed by atoms with E-state index in [2.05, 4.69) is 35.8 Å². The number of nitrogens with zero attached hydrogens (tertiary/aromatic N) is 1. The zero-order valence-corrected chi connectivity index (χ0v) is 15.1. The monoisotopic (exact) mass is 341 g/mol. The maximum atomic E-state index is 12.0. The average Bonchev–Trinajstić information content (AvgIpc) is 2.65. The Bertz CT molecular complexity index is 661. The van der Waals surface area contributed by atoms with Crippen LogP contribution in [0, 0.1) is 11.3 Å². The van der Waals surface area contributed by atoms with Crippen molar-refractivity contribution >= 4 is 5.91 Å². The van der Waals surface area contributed by atoms with Crippen LogP contribution in [-0.4, -0.2) is 26.2 Å². The number of benzene rings is 1. The van der Waals surface area contributed by atoms with Crippen LogP contribution in [0.4, 0.5) is 0 Å². The van der Waals surface area contributed by atoms with E-state index in [4.69, 9.17) is 4.74 Å². The van der Waals surface area contributed by atoms with Gasteiger partial charge in [0.1, 0.15) is 11.6 Å². The minimum absolute atomic E-state index is 0.0764. The number of hydrogen-bond donors (Lipinski definition) is 2. The zero-order valence-electron chi connectivity index (χ0n) is 15.1. The molecule has 0 aliphatic heterocycles. The Hall–Kier alpha value is -2.32. The summed E-state index contributed by atoms with van der Waals surface area (Å²) in [5, 5.41) is 15.1. The standard InChI is InChI=1S/C20H27N3O2/c1-3-19(17-9-8-15-6-4-5-7-16(15)12-17)23-14-18(13-21)20(24)22-10-11-25-2/h8-9,12,14,19,23H,3-7,10-11H2,1-2H3,(H,22,24)/b18-14-. The summed E-state index contributed by atoms with van der Waals surface area (Å²) >= 11 is 0. The molecule has 5 nitrogen and oxygen atoms in total. The van der Waals surface area contributed by atoms with Crippen LogP contribution >= 0.6 is 0 Å². The minimum Gasteiger partial charge on any atom is -0.383 e. The van der Waals surface area contributed by atoms with E-state index in [1.807, 2.05) is 6.07 Å². The van der Waals surface area contributed by atoms with Gasteiger partial charge in [0.25, 0.3) is 5.91 Å². The third kappa shape index (κ3) is 5.33. The topological polar surface area (TPSA) is 74.2 Å². The van der Waals surface area contributed by atoms with Crippen LogP contribution in [0.25, 0.3) is 0 Å². The van der Waals surface area contributed by atoms with Crippen LogP contribution in [0.5, 0.6) is 0 Å². The Morgan fingerprint density at radius 3 is 2.80 bits per heavy atom. The molecular formula is C20H27N3O2. The number of nitriles is 1. The average molecular weight is 341 g/mol. The highest BCUT2D eigenvalue weighted by molar-refractivity contribution is 5.97. The fourth-order valence-electron chi connectivity index (χ4n) is 3.11. The first-order valence-corrected chi connectivity index (χ1v) is 8.94. The predicted molar refractivity (Wildman–Crippen MR) is 97.8 cm³/mol. The van der Waals surface area contributed by atoms with Crippen LogP contribution in [-0.2, 0) is 22.4 Å². The van der Waals surface area contributed by atoms with Crippen LogP contribution in [0.3, 0.4) is 0 Å². The zero-order chi connectivity index (χ0) is 18.1. The van der Waals surface area contributed by atoms with Gasteiger partial charge in [-0.1, -0.05) is 25.1 Å². The summed E-state index contributed by atoms with van der Waals surface area (Å²) in [6, 6.07) is 8.69. The molecule has 5 heteroatoms. The summed E-state index contributed by atoms with van der Waals surface area (Å²) in [4.78, 5) is 12.0.